The van der Waals surface area contributed by atoms with Crippen LogP contribution in [0.15, 0.2) is 10.7 Å². The molecule has 0 aromatic carbocycles. The lowest BCUT2D eigenvalue weighted by Crippen LogP contribution is -2.15. The largest absolute Gasteiger partial charge is 0.368 e. The molecule has 1 saturated heterocycles. The molecule has 98 valence electrons. The van der Waals surface area contributed by atoms with Crippen LogP contribution in [0.25, 0.3) is 0 Å². The van der Waals surface area contributed by atoms with Gasteiger partial charge in [-0.2, -0.15) is 11.8 Å². The van der Waals surface area contributed by atoms with Gasteiger partial charge in [0.25, 0.3) is 5.69 Å². The third-order valence-corrected chi connectivity index (χ3v) is 5.32. The first-order valence-electron chi connectivity index (χ1n) is 5.74. The maximum absolute atomic E-state index is 10.8. The zero-order valence-electron chi connectivity index (χ0n) is 9.98. The highest BCUT2D eigenvalue weighted by Gasteiger charge is 2.19. The molecule has 1 N–H and O–H groups in total. The summed E-state index contributed by atoms with van der Waals surface area (Å²) < 4.78 is 0.680. The number of hydrogen-bond acceptors (Lipinski definition) is 5. The van der Waals surface area contributed by atoms with Crippen molar-refractivity contribution in [1.82, 2.24) is 4.98 Å². The first-order chi connectivity index (χ1) is 8.59. The van der Waals surface area contributed by atoms with Crippen LogP contribution in [0.2, 0.25) is 0 Å². The molecule has 5 nitrogen and oxygen atoms in total. The van der Waals surface area contributed by atoms with Crippen molar-refractivity contribution >= 4 is 39.2 Å². The summed E-state index contributed by atoms with van der Waals surface area (Å²) in [5, 5.41) is 14.7. The topological polar surface area (TPSA) is 68.1 Å². The first-order valence-corrected chi connectivity index (χ1v) is 7.58. The van der Waals surface area contributed by atoms with Crippen molar-refractivity contribution < 1.29 is 4.92 Å². The van der Waals surface area contributed by atoms with Crippen LogP contribution in [-0.4, -0.2) is 27.5 Å². The summed E-state index contributed by atoms with van der Waals surface area (Å²) in [5.41, 5.74) is 0.652. The zero-order chi connectivity index (χ0) is 13.1. The zero-order valence-corrected chi connectivity index (χ0v) is 12.4. The molecule has 0 saturated carbocycles. The Morgan fingerprint density at radius 1 is 1.72 bits per heavy atom. The summed E-state index contributed by atoms with van der Waals surface area (Å²) in [6.45, 7) is 2.58. The third kappa shape index (κ3) is 2.95. The van der Waals surface area contributed by atoms with E-state index in [4.69, 9.17) is 0 Å². The molecule has 0 bridgehead atoms. The monoisotopic (exact) mass is 331 g/mol. The van der Waals surface area contributed by atoms with Crippen molar-refractivity contribution in [1.29, 1.82) is 0 Å². The van der Waals surface area contributed by atoms with E-state index >= 15 is 0 Å². The lowest BCUT2D eigenvalue weighted by Gasteiger charge is -2.12. The van der Waals surface area contributed by atoms with Gasteiger partial charge in [-0.25, -0.2) is 4.98 Å². The van der Waals surface area contributed by atoms with E-state index < -0.39 is 4.92 Å². The Hall–Kier alpha value is -0.820. The van der Waals surface area contributed by atoms with Gasteiger partial charge >= 0.3 is 0 Å². The Balaban J connectivity index is 2.09. The predicted octanol–water partition coefficient (Wildman–Crippen LogP) is 3.37. The number of nitro groups is 1. The average molecular weight is 332 g/mol. The van der Waals surface area contributed by atoms with Gasteiger partial charge in [0.2, 0.25) is 0 Å². The lowest BCUT2D eigenvalue weighted by atomic mass is 10.2. The number of thioether (sulfide) groups is 1. The average Bonchev–Trinajstić information content (AvgIpc) is 2.83. The molecule has 1 aliphatic rings. The molecule has 1 aromatic rings. The van der Waals surface area contributed by atoms with Crippen LogP contribution in [0, 0.1) is 17.0 Å². The van der Waals surface area contributed by atoms with E-state index in [1.807, 2.05) is 11.8 Å². The number of aromatic nitrogens is 1. The van der Waals surface area contributed by atoms with Gasteiger partial charge in [0.05, 0.1) is 9.40 Å². The van der Waals surface area contributed by atoms with Gasteiger partial charge in [-0.15, -0.1) is 0 Å². The van der Waals surface area contributed by atoms with Crippen molar-refractivity contribution in [3.8, 4) is 0 Å². The van der Waals surface area contributed by atoms with Crippen molar-refractivity contribution in [2.24, 2.45) is 0 Å². The predicted molar refractivity (Wildman–Crippen MR) is 77.3 cm³/mol. The second kappa shape index (κ2) is 5.88. The van der Waals surface area contributed by atoms with Crippen LogP contribution in [-0.2, 0) is 0 Å². The normalized spacial score (nSPS) is 18.9. The van der Waals surface area contributed by atoms with Crippen LogP contribution >= 0.6 is 27.7 Å². The molecule has 1 fully saturated rings. The van der Waals surface area contributed by atoms with Crippen molar-refractivity contribution in [2.75, 3.05) is 17.6 Å². The Labute approximate surface area is 118 Å². The molecule has 0 aliphatic carbocycles. The summed E-state index contributed by atoms with van der Waals surface area (Å²) in [6.07, 6.45) is 3.80. The van der Waals surface area contributed by atoms with Crippen LogP contribution in [0.1, 0.15) is 18.4 Å². The van der Waals surface area contributed by atoms with E-state index in [1.165, 1.54) is 24.8 Å². The Kier molecular flexibility index (Phi) is 4.45. The molecular weight excluding hydrogens is 318 g/mol. The van der Waals surface area contributed by atoms with Crippen molar-refractivity contribution in [3.05, 3.63) is 26.3 Å². The van der Waals surface area contributed by atoms with Crippen LogP contribution < -0.4 is 5.32 Å². The Morgan fingerprint density at radius 2 is 2.50 bits per heavy atom. The highest BCUT2D eigenvalue weighted by atomic mass is 79.9. The molecule has 18 heavy (non-hydrogen) atoms. The molecular formula is C11H14BrN3O2S. The molecule has 7 heteroatoms. The standard InChI is InChI=1S/C11H14BrN3O2S/c1-7-9(15(16)17)6-14-11(10(7)12)13-5-8-3-2-4-18-8/h6,8H,2-5H2,1H3,(H,13,14). The number of hydrogen-bond donors (Lipinski definition) is 1. The van der Waals surface area contributed by atoms with E-state index in [9.17, 15) is 10.1 Å². The quantitative estimate of drug-likeness (QED) is 0.676. The molecule has 0 radical (unpaired) electrons. The second-order valence-electron chi connectivity index (χ2n) is 4.20. The minimum Gasteiger partial charge on any atom is -0.368 e. The van der Waals surface area contributed by atoms with Crippen molar-refractivity contribution in [3.63, 3.8) is 0 Å². The van der Waals surface area contributed by atoms with E-state index in [2.05, 4.69) is 26.2 Å². The van der Waals surface area contributed by atoms with Crippen LogP contribution in [0.4, 0.5) is 11.5 Å². The molecule has 2 heterocycles. The van der Waals surface area contributed by atoms with E-state index in [0.29, 0.717) is 21.1 Å². The molecule has 2 rings (SSSR count). The SMILES string of the molecule is Cc1c([N+](=O)[O-])cnc(NCC2CCCS2)c1Br. The lowest BCUT2D eigenvalue weighted by molar-refractivity contribution is -0.385. The number of halogens is 1. The van der Waals surface area contributed by atoms with E-state index in [-0.39, 0.29) is 5.69 Å². The van der Waals surface area contributed by atoms with Crippen LogP contribution in [0.5, 0.6) is 0 Å². The summed E-state index contributed by atoms with van der Waals surface area (Å²) in [6, 6.07) is 0. The first kappa shape index (κ1) is 13.6. The minimum absolute atomic E-state index is 0.0441. The van der Waals surface area contributed by atoms with Crippen LogP contribution in [0.3, 0.4) is 0 Å². The molecule has 0 amide bonds. The minimum atomic E-state index is -0.413. The summed E-state index contributed by atoms with van der Waals surface area (Å²) in [7, 11) is 0. The maximum atomic E-state index is 10.8. The smallest absolute Gasteiger partial charge is 0.291 e. The molecule has 1 aromatic heterocycles. The van der Waals surface area contributed by atoms with E-state index in [0.717, 1.165) is 6.54 Å². The second-order valence-corrected chi connectivity index (χ2v) is 6.41. The summed E-state index contributed by atoms with van der Waals surface area (Å²) >= 11 is 5.34. The molecule has 1 atom stereocenters. The highest BCUT2D eigenvalue weighted by molar-refractivity contribution is 9.10. The summed E-state index contributed by atoms with van der Waals surface area (Å²) in [5.74, 6) is 1.91. The number of pyridine rings is 1. The van der Waals surface area contributed by atoms with Gasteiger partial charge in [-0.05, 0) is 41.4 Å². The van der Waals surface area contributed by atoms with Gasteiger partial charge in [0.1, 0.15) is 12.0 Å². The van der Waals surface area contributed by atoms with Gasteiger partial charge in [0.15, 0.2) is 0 Å². The fourth-order valence-electron chi connectivity index (χ4n) is 1.89. The number of nitrogens with one attached hydrogen (secondary N) is 1. The third-order valence-electron chi connectivity index (χ3n) is 2.96. The molecule has 1 unspecified atom stereocenters. The van der Waals surface area contributed by atoms with Crippen molar-refractivity contribution in [2.45, 2.75) is 25.0 Å². The molecule has 0 spiro atoms. The Bertz CT molecular complexity index is 464. The summed E-state index contributed by atoms with van der Waals surface area (Å²) in [4.78, 5) is 14.5. The number of rotatable bonds is 4. The maximum Gasteiger partial charge on any atom is 0.291 e. The van der Waals surface area contributed by atoms with Gasteiger partial charge < -0.3 is 5.32 Å². The van der Waals surface area contributed by atoms with Gasteiger partial charge in [-0.1, -0.05) is 0 Å². The fourth-order valence-corrected chi connectivity index (χ4v) is 3.54. The van der Waals surface area contributed by atoms with Gasteiger partial charge in [0, 0.05) is 17.4 Å². The Morgan fingerprint density at radius 3 is 3.11 bits per heavy atom. The number of nitrogens with zero attached hydrogens (tertiary/aromatic N) is 2. The fraction of sp³-hybridized carbons (Fsp3) is 0.545. The van der Waals surface area contributed by atoms with E-state index in [1.54, 1.807) is 6.92 Å². The van der Waals surface area contributed by atoms with Gasteiger partial charge in [-0.3, -0.25) is 10.1 Å². The molecule has 1 aliphatic heterocycles. The number of anilines is 1. The highest BCUT2D eigenvalue weighted by Crippen LogP contribution is 2.31.